The maximum Gasteiger partial charge on any atom is -0.0221 e. The Morgan fingerprint density at radius 3 is 2.89 bits per heavy atom. The van der Waals surface area contributed by atoms with Crippen molar-refractivity contribution in [3.63, 3.8) is 0 Å². The average molecular weight is 122 g/mol. The second kappa shape index (κ2) is 2.86. The van der Waals surface area contributed by atoms with E-state index in [0.29, 0.717) is 0 Å². The molecule has 0 saturated carbocycles. The van der Waals surface area contributed by atoms with Crippen LogP contribution in [0.25, 0.3) is 0 Å². The van der Waals surface area contributed by atoms with Gasteiger partial charge in [-0.25, -0.2) is 0 Å². The van der Waals surface area contributed by atoms with Crippen molar-refractivity contribution in [3.05, 3.63) is 23.8 Å². The molecule has 9 heavy (non-hydrogen) atoms. The lowest BCUT2D eigenvalue weighted by Crippen LogP contribution is -1.93. The van der Waals surface area contributed by atoms with Gasteiger partial charge in [-0.2, -0.15) is 0 Å². The van der Waals surface area contributed by atoms with Gasteiger partial charge in [-0.15, -0.1) is 0 Å². The van der Waals surface area contributed by atoms with Gasteiger partial charge in [0.05, 0.1) is 0 Å². The summed E-state index contributed by atoms with van der Waals surface area (Å²) in [5.74, 6) is 0.768. The van der Waals surface area contributed by atoms with Gasteiger partial charge in [-0.1, -0.05) is 37.6 Å². The van der Waals surface area contributed by atoms with Crippen molar-refractivity contribution in [2.24, 2.45) is 5.92 Å². The summed E-state index contributed by atoms with van der Waals surface area (Å²) in [4.78, 5) is 0. The van der Waals surface area contributed by atoms with Crippen LogP contribution in [0.2, 0.25) is 0 Å². The van der Waals surface area contributed by atoms with Crippen LogP contribution in [0.1, 0.15) is 26.7 Å². The lowest BCUT2D eigenvalue weighted by molar-refractivity contribution is 0.724. The van der Waals surface area contributed by atoms with Gasteiger partial charge in [-0.05, 0) is 18.8 Å². The molecule has 0 fully saturated rings. The Bertz CT molecular complexity index is 140. The van der Waals surface area contributed by atoms with Gasteiger partial charge in [0.15, 0.2) is 0 Å². The van der Waals surface area contributed by atoms with Crippen LogP contribution in [0, 0.1) is 5.92 Å². The van der Waals surface area contributed by atoms with Crippen molar-refractivity contribution in [2.75, 3.05) is 0 Å². The van der Waals surface area contributed by atoms with E-state index in [1.807, 2.05) is 0 Å². The zero-order valence-electron chi connectivity index (χ0n) is 6.22. The largest absolute Gasteiger partial charge is 0.0837 e. The van der Waals surface area contributed by atoms with Crippen molar-refractivity contribution >= 4 is 0 Å². The molecular weight excluding hydrogens is 108 g/mol. The van der Waals surface area contributed by atoms with Gasteiger partial charge in [0, 0.05) is 0 Å². The lowest BCUT2D eigenvalue weighted by Gasteiger charge is -2.09. The van der Waals surface area contributed by atoms with Crippen LogP contribution in [0.3, 0.4) is 0 Å². The molecule has 0 spiro atoms. The van der Waals surface area contributed by atoms with Gasteiger partial charge in [0.2, 0.25) is 0 Å². The molecule has 50 valence electrons. The van der Waals surface area contributed by atoms with Gasteiger partial charge in [-0.3, -0.25) is 0 Å². The molecule has 1 rings (SSSR count). The molecule has 0 N–H and O–H groups in total. The minimum absolute atomic E-state index is 0.768. The summed E-state index contributed by atoms with van der Waals surface area (Å²) < 4.78 is 0. The van der Waals surface area contributed by atoms with E-state index in [4.69, 9.17) is 0 Å². The zero-order chi connectivity index (χ0) is 6.69. The number of rotatable bonds is 1. The fraction of sp³-hybridized carbons (Fsp3) is 0.556. The van der Waals surface area contributed by atoms with Gasteiger partial charge < -0.3 is 0 Å². The molecule has 0 aromatic carbocycles. The summed E-state index contributed by atoms with van der Waals surface area (Å²) in [6.45, 7) is 4.47. The van der Waals surface area contributed by atoms with Crippen molar-refractivity contribution in [3.8, 4) is 0 Å². The van der Waals surface area contributed by atoms with Gasteiger partial charge in [0.25, 0.3) is 0 Å². The predicted molar refractivity (Wildman–Crippen MR) is 41.3 cm³/mol. The molecule has 0 saturated heterocycles. The molecule has 0 bridgehead atoms. The minimum Gasteiger partial charge on any atom is -0.0837 e. The molecule has 0 aromatic heterocycles. The number of hydrogen-bond acceptors (Lipinski definition) is 0. The Balaban J connectivity index is 2.59. The molecule has 0 radical (unpaired) electrons. The predicted octanol–water partition coefficient (Wildman–Crippen LogP) is 2.92. The first-order valence-corrected chi connectivity index (χ1v) is 3.70. The molecule has 0 nitrogen and oxygen atoms in total. The average Bonchev–Trinajstić information content (AvgIpc) is 1.88. The summed E-state index contributed by atoms with van der Waals surface area (Å²) in [5, 5.41) is 0. The van der Waals surface area contributed by atoms with Gasteiger partial charge >= 0.3 is 0 Å². The Morgan fingerprint density at radius 1 is 1.67 bits per heavy atom. The van der Waals surface area contributed by atoms with Gasteiger partial charge in [0.1, 0.15) is 0 Å². The van der Waals surface area contributed by atoms with E-state index in [1.54, 1.807) is 0 Å². The fourth-order valence-corrected chi connectivity index (χ4v) is 1.16. The molecule has 0 aliphatic heterocycles. The molecule has 1 atom stereocenters. The summed E-state index contributed by atoms with van der Waals surface area (Å²) in [6.07, 6.45) is 9.27. The van der Waals surface area contributed by atoms with E-state index in [1.165, 1.54) is 18.4 Å². The highest BCUT2D eigenvalue weighted by atomic mass is 14.1. The van der Waals surface area contributed by atoms with E-state index in [-0.39, 0.29) is 0 Å². The third-order valence-corrected chi connectivity index (χ3v) is 1.75. The Hall–Kier alpha value is -0.520. The van der Waals surface area contributed by atoms with Crippen molar-refractivity contribution in [1.29, 1.82) is 0 Å². The van der Waals surface area contributed by atoms with Crippen molar-refractivity contribution in [1.82, 2.24) is 0 Å². The number of hydrogen-bond donors (Lipinski definition) is 0. The first-order chi connectivity index (χ1) is 4.33. The molecule has 0 amide bonds. The van der Waals surface area contributed by atoms with Crippen LogP contribution in [0.15, 0.2) is 23.8 Å². The van der Waals surface area contributed by atoms with Crippen molar-refractivity contribution < 1.29 is 0 Å². The SMILES string of the molecule is CCC1=C[C@@H](C)CC=C1. The van der Waals surface area contributed by atoms with E-state index in [0.717, 1.165) is 5.92 Å². The zero-order valence-corrected chi connectivity index (χ0v) is 6.22. The fourth-order valence-electron chi connectivity index (χ4n) is 1.16. The monoisotopic (exact) mass is 122 g/mol. The molecule has 0 heteroatoms. The number of allylic oxidation sites excluding steroid dienone is 4. The van der Waals surface area contributed by atoms with E-state index in [2.05, 4.69) is 32.1 Å². The minimum atomic E-state index is 0.768. The van der Waals surface area contributed by atoms with Crippen LogP contribution in [0.5, 0.6) is 0 Å². The standard InChI is InChI=1S/C9H14/c1-3-9-6-4-5-8(2)7-9/h4,6-8H,3,5H2,1-2H3/t8-/m0/s1. The maximum atomic E-state index is 2.36. The highest BCUT2D eigenvalue weighted by molar-refractivity contribution is 5.22. The van der Waals surface area contributed by atoms with Crippen molar-refractivity contribution in [2.45, 2.75) is 26.7 Å². The summed E-state index contributed by atoms with van der Waals surface area (Å²) in [7, 11) is 0. The lowest BCUT2D eigenvalue weighted by atomic mass is 9.97. The summed E-state index contributed by atoms with van der Waals surface area (Å²) in [6, 6.07) is 0. The molecule has 1 aliphatic carbocycles. The normalized spacial score (nSPS) is 26.0. The Labute approximate surface area is 57.3 Å². The smallest absolute Gasteiger partial charge is 0.0221 e. The maximum absolute atomic E-state index is 2.36. The third kappa shape index (κ3) is 1.70. The third-order valence-electron chi connectivity index (χ3n) is 1.75. The van der Waals surface area contributed by atoms with Crippen LogP contribution >= 0.6 is 0 Å². The van der Waals surface area contributed by atoms with Crippen LogP contribution in [0.4, 0.5) is 0 Å². The van der Waals surface area contributed by atoms with Crippen LogP contribution in [-0.2, 0) is 0 Å². The first kappa shape index (κ1) is 6.60. The second-order valence-electron chi connectivity index (χ2n) is 2.71. The van der Waals surface area contributed by atoms with E-state index < -0.39 is 0 Å². The molecule has 0 aromatic rings. The molecular formula is C9H14. The Kier molecular flexibility index (Phi) is 2.10. The molecule has 1 aliphatic rings. The highest BCUT2D eigenvalue weighted by Gasteiger charge is 2.00. The Morgan fingerprint density at radius 2 is 2.44 bits per heavy atom. The van der Waals surface area contributed by atoms with Crippen LogP contribution in [-0.4, -0.2) is 0 Å². The van der Waals surface area contributed by atoms with E-state index in [9.17, 15) is 0 Å². The summed E-state index contributed by atoms with van der Waals surface area (Å²) >= 11 is 0. The first-order valence-electron chi connectivity index (χ1n) is 3.70. The quantitative estimate of drug-likeness (QED) is 0.501. The molecule has 0 heterocycles. The highest BCUT2D eigenvalue weighted by Crippen LogP contribution is 2.17. The summed E-state index contributed by atoms with van der Waals surface area (Å²) in [5.41, 5.74) is 1.49. The topological polar surface area (TPSA) is 0 Å². The van der Waals surface area contributed by atoms with E-state index >= 15 is 0 Å². The van der Waals surface area contributed by atoms with Crippen LogP contribution < -0.4 is 0 Å². The second-order valence-corrected chi connectivity index (χ2v) is 2.71. The molecule has 0 unspecified atom stereocenters.